The minimum atomic E-state index is -2.34. The lowest BCUT2D eigenvalue weighted by molar-refractivity contribution is -0.286. The van der Waals surface area contributed by atoms with Crippen LogP contribution in [0.1, 0.15) is 38.6 Å². The molecule has 2 aromatic carbocycles. The van der Waals surface area contributed by atoms with Gasteiger partial charge in [0, 0.05) is 5.56 Å². The monoisotopic (exact) mass is 670 g/mol. The third kappa shape index (κ3) is 6.56. The number of aliphatic carboxylic acids is 2. The number of phenolic OH excluding ortho intramolecular Hbond substituents is 6. The van der Waals surface area contributed by atoms with E-state index in [1.165, 1.54) is 0 Å². The van der Waals surface area contributed by atoms with E-state index in [0.29, 0.717) is 18.2 Å². The molecule has 1 fully saturated rings. The van der Waals surface area contributed by atoms with Crippen molar-refractivity contribution in [3.05, 3.63) is 34.9 Å². The number of fused-ring (bicyclic) bond motifs is 1. The number of cyclic esters (lactones) is 1. The molecule has 0 amide bonds. The van der Waals surface area contributed by atoms with E-state index in [9.17, 15) is 80.1 Å². The van der Waals surface area contributed by atoms with Gasteiger partial charge in [-0.15, -0.1) is 0 Å². The van der Waals surface area contributed by atoms with Crippen LogP contribution in [0.2, 0.25) is 0 Å². The standard InChI is InChI=1S/C27H26O20/c28-9-1-6(2-10(29)16(9)33)24(41)47-27-21(38)20(37)18(35)12(45-27)5-44-25(42)8(4-13(31)32)15-14-7(3-11(30)17(34)19(14)36)26(43)46-22(15)23(39)40/h1-3,8,12,15,18,20-22,27-30,33-38H,4-5H2,(H,31,32)(H,39,40)/t8-,12+,15-,18+,20-,21-,22+,27-/m0/s1. The zero-order chi connectivity index (χ0) is 35.1. The van der Waals surface area contributed by atoms with Crippen LogP contribution in [0.5, 0.6) is 34.5 Å². The summed E-state index contributed by atoms with van der Waals surface area (Å²) >= 11 is 0. The fourth-order valence-corrected chi connectivity index (χ4v) is 5.05. The maximum Gasteiger partial charge on any atom is 0.345 e. The predicted molar refractivity (Wildman–Crippen MR) is 141 cm³/mol. The lowest BCUT2D eigenvalue weighted by atomic mass is 9.76. The minimum absolute atomic E-state index is 0.572. The third-order valence-electron chi connectivity index (χ3n) is 7.37. The Morgan fingerprint density at radius 3 is 1.98 bits per heavy atom. The Kier molecular flexibility index (Phi) is 9.52. The Bertz CT molecular complexity index is 1590. The highest BCUT2D eigenvalue weighted by Gasteiger charge is 2.51. The molecule has 0 saturated carbocycles. The van der Waals surface area contributed by atoms with Crippen LogP contribution in [-0.4, -0.2) is 129 Å². The molecule has 11 N–H and O–H groups in total. The summed E-state index contributed by atoms with van der Waals surface area (Å²) in [5.41, 5.74) is -2.05. The van der Waals surface area contributed by atoms with Gasteiger partial charge in [0.2, 0.25) is 18.1 Å². The number of carbonyl (C=O) groups excluding carboxylic acids is 3. The number of ether oxygens (including phenoxy) is 4. The molecule has 20 heteroatoms. The number of aliphatic hydroxyl groups is 3. The molecule has 0 aromatic heterocycles. The number of hydrogen-bond acceptors (Lipinski definition) is 18. The van der Waals surface area contributed by atoms with E-state index >= 15 is 0 Å². The van der Waals surface area contributed by atoms with Crippen LogP contribution in [0.25, 0.3) is 0 Å². The van der Waals surface area contributed by atoms with Crippen LogP contribution >= 0.6 is 0 Å². The number of carboxylic acids is 2. The number of rotatable bonds is 9. The number of aromatic hydroxyl groups is 6. The van der Waals surface area contributed by atoms with Gasteiger partial charge < -0.3 is 75.1 Å². The van der Waals surface area contributed by atoms with Crippen LogP contribution in [-0.2, 0) is 33.3 Å². The molecule has 0 spiro atoms. The van der Waals surface area contributed by atoms with Crippen LogP contribution in [0.4, 0.5) is 0 Å². The molecule has 0 aliphatic carbocycles. The average Bonchev–Trinajstić information content (AvgIpc) is 3.00. The molecule has 1 saturated heterocycles. The zero-order valence-corrected chi connectivity index (χ0v) is 23.4. The van der Waals surface area contributed by atoms with Crippen LogP contribution in [0.3, 0.4) is 0 Å². The van der Waals surface area contributed by atoms with Crippen molar-refractivity contribution >= 4 is 29.8 Å². The van der Waals surface area contributed by atoms with Crippen LogP contribution in [0.15, 0.2) is 18.2 Å². The number of carbonyl (C=O) groups is 5. The van der Waals surface area contributed by atoms with Crippen molar-refractivity contribution in [2.45, 2.75) is 49.1 Å². The Hall–Kier alpha value is -5.57. The molecule has 4 rings (SSSR count). The van der Waals surface area contributed by atoms with Gasteiger partial charge in [-0.2, -0.15) is 0 Å². The first kappa shape index (κ1) is 34.3. The second-order valence-corrected chi connectivity index (χ2v) is 10.4. The van der Waals surface area contributed by atoms with Crippen molar-refractivity contribution < 1.29 is 99.1 Å². The highest BCUT2D eigenvalue weighted by Crippen LogP contribution is 2.49. The normalized spacial score (nSPS) is 25.9. The Morgan fingerprint density at radius 1 is 0.809 bits per heavy atom. The van der Waals surface area contributed by atoms with Gasteiger partial charge in [0.1, 0.15) is 31.0 Å². The number of benzene rings is 2. The fraction of sp³-hybridized carbons (Fsp3) is 0.370. The van der Waals surface area contributed by atoms with Crippen molar-refractivity contribution in [3.63, 3.8) is 0 Å². The molecule has 2 aromatic rings. The first-order chi connectivity index (χ1) is 21.9. The summed E-state index contributed by atoms with van der Waals surface area (Å²) in [6, 6.07) is 1.93. The topological polar surface area (TPSA) is 345 Å². The van der Waals surface area contributed by atoms with Crippen LogP contribution in [0, 0.1) is 5.92 Å². The van der Waals surface area contributed by atoms with E-state index in [2.05, 4.69) is 0 Å². The number of phenols is 6. The van der Waals surface area contributed by atoms with Gasteiger partial charge in [0.25, 0.3) is 0 Å². The van der Waals surface area contributed by atoms with E-state index < -0.39 is 143 Å². The lowest BCUT2D eigenvalue weighted by Crippen LogP contribution is -2.59. The zero-order valence-electron chi connectivity index (χ0n) is 23.4. The lowest BCUT2D eigenvalue weighted by Gasteiger charge is -2.40. The van der Waals surface area contributed by atoms with E-state index in [-0.39, 0.29) is 0 Å². The minimum Gasteiger partial charge on any atom is -0.504 e. The van der Waals surface area contributed by atoms with Gasteiger partial charge in [-0.05, 0) is 18.2 Å². The second-order valence-electron chi connectivity index (χ2n) is 10.4. The fourth-order valence-electron chi connectivity index (χ4n) is 5.05. The van der Waals surface area contributed by atoms with Crippen molar-refractivity contribution in [3.8, 4) is 34.5 Å². The van der Waals surface area contributed by atoms with Crippen molar-refractivity contribution in [1.82, 2.24) is 0 Å². The smallest absolute Gasteiger partial charge is 0.345 e. The quantitative estimate of drug-likeness (QED) is 0.0774. The Balaban J connectivity index is 1.60. The Morgan fingerprint density at radius 2 is 1.40 bits per heavy atom. The summed E-state index contributed by atoms with van der Waals surface area (Å²) in [4.78, 5) is 62.1. The summed E-state index contributed by atoms with van der Waals surface area (Å²) in [7, 11) is 0. The first-order valence-corrected chi connectivity index (χ1v) is 13.2. The molecule has 254 valence electrons. The number of carboxylic acid groups (broad SMARTS) is 2. The highest BCUT2D eigenvalue weighted by molar-refractivity contribution is 5.98. The summed E-state index contributed by atoms with van der Waals surface area (Å²) in [6.45, 7) is -1.08. The SMILES string of the molecule is O=C(O)C[C@H](C(=O)OC[C@H]1O[C@@H](OC(=O)c2cc(O)c(O)c(O)c2)[C@@H](O)[C@@H](O)[C@@H]1O)[C@H]1c2c(cc(O)c(O)c2O)C(=O)O[C@H]1C(=O)O. The van der Waals surface area contributed by atoms with E-state index in [4.69, 9.17) is 18.9 Å². The molecule has 20 nitrogen and oxygen atoms in total. The van der Waals surface area contributed by atoms with Gasteiger partial charge >= 0.3 is 29.8 Å². The molecular weight excluding hydrogens is 644 g/mol. The van der Waals surface area contributed by atoms with E-state index in [1.54, 1.807) is 0 Å². The van der Waals surface area contributed by atoms with Gasteiger partial charge in [0.15, 0.2) is 28.7 Å². The number of aliphatic hydroxyl groups excluding tert-OH is 3. The van der Waals surface area contributed by atoms with Gasteiger partial charge in [0.05, 0.1) is 29.4 Å². The summed E-state index contributed by atoms with van der Waals surface area (Å²) in [5, 5.41) is 109. The maximum atomic E-state index is 13.3. The molecule has 47 heavy (non-hydrogen) atoms. The van der Waals surface area contributed by atoms with Gasteiger partial charge in [-0.3, -0.25) is 9.59 Å². The molecular formula is C27H26O20. The molecule has 0 bridgehead atoms. The number of esters is 3. The molecule has 2 heterocycles. The number of hydrogen-bond donors (Lipinski definition) is 11. The molecule has 0 radical (unpaired) electrons. The average molecular weight is 670 g/mol. The van der Waals surface area contributed by atoms with Crippen LogP contribution < -0.4 is 0 Å². The molecule has 8 atom stereocenters. The first-order valence-electron chi connectivity index (χ1n) is 13.2. The molecule has 0 unspecified atom stereocenters. The summed E-state index contributed by atoms with van der Waals surface area (Å²) in [6.07, 6.45) is -13.8. The Labute approximate surface area is 260 Å². The van der Waals surface area contributed by atoms with E-state index in [0.717, 1.165) is 0 Å². The summed E-state index contributed by atoms with van der Waals surface area (Å²) in [5.74, 6) is -18.5. The molecule has 2 aliphatic heterocycles. The van der Waals surface area contributed by atoms with Crippen molar-refractivity contribution in [2.75, 3.05) is 6.61 Å². The van der Waals surface area contributed by atoms with Gasteiger partial charge in [-0.25, -0.2) is 14.4 Å². The van der Waals surface area contributed by atoms with Crippen molar-refractivity contribution in [1.29, 1.82) is 0 Å². The maximum absolute atomic E-state index is 13.3. The predicted octanol–water partition coefficient (Wildman–Crippen LogP) is -2.07. The van der Waals surface area contributed by atoms with E-state index in [1.807, 2.05) is 0 Å². The summed E-state index contributed by atoms with van der Waals surface area (Å²) < 4.78 is 20.1. The molecule has 2 aliphatic rings. The third-order valence-corrected chi connectivity index (χ3v) is 7.37. The van der Waals surface area contributed by atoms with Gasteiger partial charge in [-0.1, -0.05) is 0 Å². The highest BCUT2D eigenvalue weighted by atomic mass is 16.7. The second kappa shape index (κ2) is 13.0. The largest absolute Gasteiger partial charge is 0.504 e. The van der Waals surface area contributed by atoms with Crippen molar-refractivity contribution in [2.24, 2.45) is 5.92 Å².